The monoisotopic (exact) mass is 264 g/mol. The van der Waals surface area contributed by atoms with Gasteiger partial charge in [-0.05, 0) is 31.5 Å². The number of halogens is 1. The van der Waals surface area contributed by atoms with E-state index in [0.29, 0.717) is 16.4 Å². The number of rotatable bonds is 3. The first-order valence-electron chi connectivity index (χ1n) is 5.52. The second-order valence-electron chi connectivity index (χ2n) is 4.18. The van der Waals surface area contributed by atoms with Gasteiger partial charge in [0.05, 0.1) is 17.8 Å². The minimum Gasteiger partial charge on any atom is -0.481 e. The summed E-state index contributed by atoms with van der Waals surface area (Å²) in [5, 5.41) is 13.5. The van der Waals surface area contributed by atoms with Crippen LogP contribution in [-0.4, -0.2) is 20.9 Å². The molecule has 0 saturated carbocycles. The lowest BCUT2D eigenvalue weighted by Crippen LogP contribution is -2.01. The summed E-state index contributed by atoms with van der Waals surface area (Å²) in [6.07, 6.45) is -0.115. The molecule has 0 radical (unpaired) electrons. The summed E-state index contributed by atoms with van der Waals surface area (Å²) >= 11 is 6.20. The summed E-state index contributed by atoms with van der Waals surface area (Å²) in [6, 6.07) is 7.72. The molecule has 5 heteroatoms. The third-order valence-electron chi connectivity index (χ3n) is 2.70. The highest BCUT2D eigenvalue weighted by molar-refractivity contribution is 6.30. The fourth-order valence-corrected chi connectivity index (χ4v) is 2.15. The topological polar surface area (TPSA) is 55.1 Å². The van der Waals surface area contributed by atoms with Gasteiger partial charge in [-0.3, -0.25) is 4.79 Å². The molecule has 1 heterocycles. The molecule has 0 aliphatic heterocycles. The molecular weight excluding hydrogens is 252 g/mol. The van der Waals surface area contributed by atoms with E-state index in [9.17, 15) is 4.79 Å². The molecular formula is C13H13ClN2O2. The standard InChI is InChI=1S/C13H13ClN2O2/c1-8-4-3-5-10(6-8)16-13(14)11(7-12(17)18)9(2)15-16/h3-6H,7H2,1-2H3,(H,17,18). The van der Waals surface area contributed by atoms with E-state index >= 15 is 0 Å². The highest BCUT2D eigenvalue weighted by Gasteiger charge is 2.16. The molecule has 0 fully saturated rings. The maximum absolute atomic E-state index is 10.8. The number of carbonyl (C=O) groups is 1. The van der Waals surface area contributed by atoms with Crippen LogP contribution in [0, 0.1) is 13.8 Å². The number of carboxylic acid groups (broad SMARTS) is 1. The van der Waals surface area contributed by atoms with Crippen LogP contribution in [0.15, 0.2) is 24.3 Å². The number of nitrogens with zero attached hydrogens (tertiary/aromatic N) is 2. The zero-order chi connectivity index (χ0) is 13.3. The van der Waals surface area contributed by atoms with Crippen LogP contribution in [0.25, 0.3) is 5.69 Å². The van der Waals surface area contributed by atoms with Crippen molar-refractivity contribution in [3.05, 3.63) is 46.2 Å². The summed E-state index contributed by atoms with van der Waals surface area (Å²) in [5.74, 6) is -0.913. The first-order chi connectivity index (χ1) is 8.49. The molecule has 0 unspecified atom stereocenters. The van der Waals surface area contributed by atoms with E-state index in [1.807, 2.05) is 31.2 Å². The molecule has 2 aromatic rings. The third-order valence-corrected chi connectivity index (χ3v) is 3.08. The Balaban J connectivity index is 2.50. The van der Waals surface area contributed by atoms with Crippen LogP contribution in [0.2, 0.25) is 5.15 Å². The summed E-state index contributed by atoms with van der Waals surface area (Å²) < 4.78 is 1.57. The van der Waals surface area contributed by atoms with Gasteiger partial charge in [-0.25, -0.2) is 4.68 Å². The van der Waals surface area contributed by atoms with E-state index in [1.165, 1.54) is 0 Å². The van der Waals surface area contributed by atoms with Crippen LogP contribution in [0.3, 0.4) is 0 Å². The van der Waals surface area contributed by atoms with Gasteiger partial charge in [0.25, 0.3) is 0 Å². The molecule has 4 nitrogen and oxygen atoms in total. The largest absolute Gasteiger partial charge is 0.481 e. The Bertz CT molecular complexity index is 605. The van der Waals surface area contributed by atoms with Crippen LogP contribution >= 0.6 is 11.6 Å². The Labute approximate surface area is 110 Å². The van der Waals surface area contributed by atoms with Crippen molar-refractivity contribution in [3.8, 4) is 5.69 Å². The van der Waals surface area contributed by atoms with Crippen molar-refractivity contribution in [1.29, 1.82) is 0 Å². The third kappa shape index (κ3) is 2.38. The van der Waals surface area contributed by atoms with Gasteiger partial charge < -0.3 is 5.11 Å². The van der Waals surface area contributed by atoms with Crippen molar-refractivity contribution in [1.82, 2.24) is 9.78 Å². The van der Waals surface area contributed by atoms with E-state index in [0.717, 1.165) is 11.3 Å². The number of hydrogen-bond donors (Lipinski definition) is 1. The fraction of sp³-hybridized carbons (Fsp3) is 0.231. The molecule has 2 rings (SSSR count). The van der Waals surface area contributed by atoms with Gasteiger partial charge >= 0.3 is 5.97 Å². The SMILES string of the molecule is Cc1cccc(-n2nc(C)c(CC(=O)O)c2Cl)c1. The summed E-state index contributed by atoms with van der Waals surface area (Å²) in [6.45, 7) is 3.74. The van der Waals surface area contributed by atoms with Gasteiger partial charge in [0, 0.05) is 5.56 Å². The van der Waals surface area contributed by atoms with Crippen LogP contribution in [0.5, 0.6) is 0 Å². The Morgan fingerprint density at radius 2 is 2.17 bits per heavy atom. The zero-order valence-corrected chi connectivity index (χ0v) is 10.9. The molecule has 0 atom stereocenters. The van der Waals surface area contributed by atoms with E-state index in [2.05, 4.69) is 5.10 Å². The second-order valence-corrected chi connectivity index (χ2v) is 4.53. The second kappa shape index (κ2) is 4.82. The Morgan fingerprint density at radius 3 is 2.78 bits per heavy atom. The van der Waals surface area contributed by atoms with E-state index < -0.39 is 5.97 Å². The predicted octanol–water partition coefficient (Wildman–Crippen LogP) is 2.77. The van der Waals surface area contributed by atoms with E-state index in [-0.39, 0.29) is 6.42 Å². The highest BCUT2D eigenvalue weighted by atomic mass is 35.5. The lowest BCUT2D eigenvalue weighted by atomic mass is 10.2. The molecule has 1 aromatic carbocycles. The Kier molecular flexibility index (Phi) is 3.39. The van der Waals surface area contributed by atoms with Gasteiger partial charge in [-0.15, -0.1) is 0 Å². The number of aryl methyl sites for hydroxylation is 2. The van der Waals surface area contributed by atoms with Gasteiger partial charge in [-0.2, -0.15) is 5.10 Å². The van der Waals surface area contributed by atoms with E-state index in [4.69, 9.17) is 16.7 Å². The van der Waals surface area contributed by atoms with Crippen molar-refractivity contribution < 1.29 is 9.90 Å². The molecule has 1 aromatic heterocycles. The molecule has 0 saturated heterocycles. The number of carboxylic acids is 1. The van der Waals surface area contributed by atoms with Crippen LogP contribution < -0.4 is 0 Å². The van der Waals surface area contributed by atoms with Crippen LogP contribution in [0.4, 0.5) is 0 Å². The Hall–Kier alpha value is -1.81. The molecule has 0 spiro atoms. The van der Waals surface area contributed by atoms with Crippen molar-refractivity contribution >= 4 is 17.6 Å². The molecule has 0 aliphatic rings. The van der Waals surface area contributed by atoms with Gasteiger partial charge in [-0.1, -0.05) is 23.7 Å². The number of benzene rings is 1. The molecule has 0 aliphatic carbocycles. The smallest absolute Gasteiger partial charge is 0.308 e. The maximum Gasteiger partial charge on any atom is 0.308 e. The molecule has 0 bridgehead atoms. The summed E-state index contributed by atoms with van der Waals surface area (Å²) in [7, 11) is 0. The first-order valence-corrected chi connectivity index (χ1v) is 5.89. The Morgan fingerprint density at radius 1 is 1.44 bits per heavy atom. The van der Waals surface area contributed by atoms with Crippen molar-refractivity contribution in [3.63, 3.8) is 0 Å². The lowest BCUT2D eigenvalue weighted by Gasteiger charge is -2.04. The lowest BCUT2D eigenvalue weighted by molar-refractivity contribution is -0.136. The molecule has 1 N–H and O–H groups in total. The molecule has 18 heavy (non-hydrogen) atoms. The first kappa shape index (κ1) is 12.6. The highest BCUT2D eigenvalue weighted by Crippen LogP contribution is 2.24. The summed E-state index contributed by atoms with van der Waals surface area (Å²) in [5.41, 5.74) is 3.13. The van der Waals surface area contributed by atoms with Gasteiger partial charge in [0.15, 0.2) is 0 Å². The minimum absolute atomic E-state index is 0.115. The fourth-order valence-electron chi connectivity index (χ4n) is 1.81. The number of aliphatic carboxylic acids is 1. The number of aromatic nitrogens is 2. The van der Waals surface area contributed by atoms with Crippen LogP contribution in [0.1, 0.15) is 16.8 Å². The summed E-state index contributed by atoms with van der Waals surface area (Å²) in [4.78, 5) is 10.8. The van der Waals surface area contributed by atoms with Crippen molar-refractivity contribution in [2.45, 2.75) is 20.3 Å². The van der Waals surface area contributed by atoms with E-state index in [1.54, 1.807) is 11.6 Å². The average molecular weight is 265 g/mol. The minimum atomic E-state index is -0.913. The normalized spacial score (nSPS) is 10.6. The zero-order valence-electron chi connectivity index (χ0n) is 10.1. The van der Waals surface area contributed by atoms with Crippen molar-refractivity contribution in [2.24, 2.45) is 0 Å². The predicted molar refractivity (Wildman–Crippen MR) is 69.4 cm³/mol. The molecule has 94 valence electrons. The molecule has 0 amide bonds. The van der Waals surface area contributed by atoms with Crippen molar-refractivity contribution in [2.75, 3.05) is 0 Å². The average Bonchev–Trinajstić information content (AvgIpc) is 2.56. The van der Waals surface area contributed by atoms with Gasteiger partial charge in [0.2, 0.25) is 0 Å². The maximum atomic E-state index is 10.8. The number of hydrogen-bond acceptors (Lipinski definition) is 2. The van der Waals surface area contributed by atoms with Gasteiger partial charge in [0.1, 0.15) is 5.15 Å². The van der Waals surface area contributed by atoms with Crippen LogP contribution in [-0.2, 0) is 11.2 Å². The quantitative estimate of drug-likeness (QED) is 0.927.